The molecule has 0 fully saturated rings. The maximum absolute atomic E-state index is 12.4. The molecule has 0 heterocycles. The fourth-order valence-corrected chi connectivity index (χ4v) is 1.39. The smallest absolute Gasteiger partial charge is 0.335 e. The second kappa shape index (κ2) is 5.38. The van der Waals surface area contributed by atoms with Gasteiger partial charge in [-0.15, -0.1) is 0 Å². The van der Waals surface area contributed by atoms with Crippen LogP contribution in [0.25, 0.3) is 0 Å². The van der Waals surface area contributed by atoms with Crippen molar-refractivity contribution in [1.29, 1.82) is 0 Å². The predicted molar refractivity (Wildman–Crippen MR) is 54.3 cm³/mol. The summed E-state index contributed by atoms with van der Waals surface area (Å²) in [5, 5.41) is 17.3. The van der Waals surface area contributed by atoms with Crippen LogP contribution < -0.4 is 0 Å². The molecule has 4 nitrogen and oxygen atoms in total. The highest BCUT2D eigenvalue weighted by Crippen LogP contribution is 2.22. The Bertz CT molecular complexity index is 443. The van der Waals surface area contributed by atoms with Crippen LogP contribution in [0.15, 0.2) is 18.2 Å². The summed E-state index contributed by atoms with van der Waals surface area (Å²) in [4.78, 5) is 21.2. The summed E-state index contributed by atoms with van der Waals surface area (Å²) in [6, 6.07) is 3.21. The molecule has 1 aromatic carbocycles. The molecule has 6 heteroatoms. The van der Waals surface area contributed by atoms with E-state index in [4.69, 9.17) is 10.2 Å². The Kier molecular flexibility index (Phi) is 4.14. The average Bonchev–Trinajstić information content (AvgIpc) is 2.25. The summed E-state index contributed by atoms with van der Waals surface area (Å²) in [5.41, 5.74) is -0.421. The second-order valence-corrected chi connectivity index (χ2v) is 3.42. The number of carbonyl (C=O) groups is 2. The molecule has 0 radical (unpaired) electrons. The van der Waals surface area contributed by atoms with Crippen molar-refractivity contribution in [2.75, 3.05) is 0 Å². The molecule has 0 amide bonds. The van der Waals surface area contributed by atoms with Crippen LogP contribution in [-0.4, -0.2) is 22.2 Å². The van der Waals surface area contributed by atoms with Crippen LogP contribution in [0.4, 0.5) is 8.78 Å². The summed E-state index contributed by atoms with van der Waals surface area (Å²) in [6.07, 6.45) is -2.99. The molecule has 0 aromatic heterocycles. The summed E-state index contributed by atoms with van der Waals surface area (Å²) in [7, 11) is 0. The highest BCUT2D eigenvalue weighted by Gasteiger charge is 2.15. The molecule has 2 N–H and O–H groups in total. The molecule has 0 aliphatic carbocycles. The molecule has 17 heavy (non-hydrogen) atoms. The minimum absolute atomic E-state index is 0.000481. The van der Waals surface area contributed by atoms with Gasteiger partial charge >= 0.3 is 11.9 Å². The SMILES string of the molecule is O=C(O)CCc1ccc(C(F)F)cc1C(=O)O. The Morgan fingerprint density at radius 1 is 1.24 bits per heavy atom. The van der Waals surface area contributed by atoms with E-state index in [2.05, 4.69) is 0 Å². The van der Waals surface area contributed by atoms with E-state index < -0.39 is 18.4 Å². The molecular formula is C11H10F2O4. The van der Waals surface area contributed by atoms with Crippen LogP contribution in [0.3, 0.4) is 0 Å². The van der Waals surface area contributed by atoms with E-state index in [0.717, 1.165) is 12.1 Å². The third-order valence-corrected chi connectivity index (χ3v) is 2.22. The Hall–Kier alpha value is -1.98. The minimum Gasteiger partial charge on any atom is -0.481 e. The largest absolute Gasteiger partial charge is 0.481 e. The summed E-state index contributed by atoms with van der Waals surface area (Å²) >= 11 is 0. The van der Waals surface area contributed by atoms with Crippen LogP contribution in [0.2, 0.25) is 0 Å². The molecule has 0 unspecified atom stereocenters. The number of aryl methyl sites for hydroxylation is 1. The zero-order valence-corrected chi connectivity index (χ0v) is 8.69. The van der Waals surface area contributed by atoms with Gasteiger partial charge in [-0.25, -0.2) is 13.6 Å². The number of rotatable bonds is 5. The molecular weight excluding hydrogens is 234 g/mol. The third-order valence-electron chi connectivity index (χ3n) is 2.22. The Labute approximate surface area is 95.5 Å². The average molecular weight is 244 g/mol. The Morgan fingerprint density at radius 3 is 2.35 bits per heavy atom. The summed E-state index contributed by atoms with van der Waals surface area (Å²) in [5.74, 6) is -2.41. The van der Waals surface area contributed by atoms with Crippen LogP contribution in [-0.2, 0) is 11.2 Å². The first-order valence-corrected chi connectivity index (χ1v) is 4.78. The van der Waals surface area contributed by atoms with Crippen LogP contribution >= 0.6 is 0 Å². The van der Waals surface area contributed by atoms with Gasteiger partial charge in [-0.2, -0.15) is 0 Å². The molecule has 0 saturated heterocycles. The van der Waals surface area contributed by atoms with E-state index in [-0.39, 0.29) is 29.5 Å². The highest BCUT2D eigenvalue weighted by molar-refractivity contribution is 5.89. The van der Waals surface area contributed by atoms with Gasteiger partial charge < -0.3 is 10.2 Å². The highest BCUT2D eigenvalue weighted by atomic mass is 19.3. The van der Waals surface area contributed by atoms with Crippen molar-refractivity contribution in [3.05, 3.63) is 34.9 Å². The molecule has 1 rings (SSSR count). The van der Waals surface area contributed by atoms with Crippen LogP contribution in [0.5, 0.6) is 0 Å². The van der Waals surface area contributed by atoms with Gasteiger partial charge in [0.2, 0.25) is 0 Å². The minimum atomic E-state index is -2.75. The van der Waals surface area contributed by atoms with Crippen LogP contribution in [0, 0.1) is 0 Å². The van der Waals surface area contributed by atoms with E-state index in [9.17, 15) is 18.4 Å². The van der Waals surface area contributed by atoms with Crippen molar-refractivity contribution < 1.29 is 28.6 Å². The molecule has 0 aliphatic heterocycles. The lowest BCUT2D eigenvalue weighted by Gasteiger charge is -2.07. The number of aromatic carboxylic acids is 1. The van der Waals surface area contributed by atoms with Crippen molar-refractivity contribution >= 4 is 11.9 Å². The molecule has 1 aromatic rings. The van der Waals surface area contributed by atoms with Gasteiger partial charge in [0.05, 0.1) is 5.56 Å². The van der Waals surface area contributed by atoms with Gasteiger partial charge in [-0.3, -0.25) is 4.79 Å². The van der Waals surface area contributed by atoms with Gasteiger partial charge in [0.1, 0.15) is 0 Å². The van der Waals surface area contributed by atoms with Crippen molar-refractivity contribution in [2.24, 2.45) is 0 Å². The lowest BCUT2D eigenvalue weighted by atomic mass is 10.00. The quantitative estimate of drug-likeness (QED) is 0.833. The number of halogens is 2. The predicted octanol–water partition coefficient (Wildman–Crippen LogP) is 2.34. The van der Waals surface area contributed by atoms with Crippen molar-refractivity contribution in [3.63, 3.8) is 0 Å². The first-order chi connectivity index (χ1) is 7.91. The number of aliphatic carboxylic acids is 1. The van der Waals surface area contributed by atoms with Gasteiger partial charge in [-0.05, 0) is 18.1 Å². The molecule has 0 bridgehead atoms. The number of carboxylic acid groups (broad SMARTS) is 2. The first-order valence-electron chi connectivity index (χ1n) is 4.78. The summed E-state index contributed by atoms with van der Waals surface area (Å²) < 4.78 is 24.7. The summed E-state index contributed by atoms with van der Waals surface area (Å²) in [6.45, 7) is 0. The monoisotopic (exact) mass is 244 g/mol. The fraction of sp³-hybridized carbons (Fsp3) is 0.273. The van der Waals surface area contributed by atoms with E-state index >= 15 is 0 Å². The maximum atomic E-state index is 12.4. The topological polar surface area (TPSA) is 74.6 Å². The molecule has 0 spiro atoms. The molecule has 0 atom stereocenters. The van der Waals surface area contributed by atoms with Gasteiger partial charge in [0.15, 0.2) is 0 Å². The van der Waals surface area contributed by atoms with Gasteiger partial charge in [0, 0.05) is 12.0 Å². The van der Waals surface area contributed by atoms with Crippen molar-refractivity contribution in [3.8, 4) is 0 Å². The second-order valence-electron chi connectivity index (χ2n) is 3.42. The number of hydrogen-bond acceptors (Lipinski definition) is 2. The van der Waals surface area contributed by atoms with Gasteiger partial charge in [0.25, 0.3) is 6.43 Å². The lowest BCUT2D eigenvalue weighted by molar-refractivity contribution is -0.136. The number of alkyl halides is 2. The third kappa shape index (κ3) is 3.51. The van der Waals surface area contributed by atoms with E-state index in [1.54, 1.807) is 0 Å². The normalized spacial score (nSPS) is 10.5. The molecule has 92 valence electrons. The first kappa shape index (κ1) is 13.1. The number of benzene rings is 1. The van der Waals surface area contributed by atoms with Gasteiger partial charge in [-0.1, -0.05) is 12.1 Å². The Balaban J connectivity index is 3.04. The zero-order chi connectivity index (χ0) is 13.0. The van der Waals surface area contributed by atoms with E-state index in [0.29, 0.717) is 0 Å². The van der Waals surface area contributed by atoms with E-state index in [1.807, 2.05) is 0 Å². The standard InChI is InChI=1S/C11H10F2O4/c12-10(13)7-2-1-6(3-4-9(14)15)8(5-7)11(16)17/h1-2,5,10H,3-4H2,(H,14,15)(H,16,17). The fourth-order valence-electron chi connectivity index (χ4n) is 1.39. The zero-order valence-electron chi connectivity index (χ0n) is 8.69. The lowest BCUT2D eigenvalue weighted by Crippen LogP contribution is -2.06. The molecule has 0 saturated carbocycles. The maximum Gasteiger partial charge on any atom is 0.335 e. The van der Waals surface area contributed by atoms with Crippen molar-refractivity contribution in [1.82, 2.24) is 0 Å². The number of hydrogen-bond donors (Lipinski definition) is 2. The van der Waals surface area contributed by atoms with Crippen LogP contribution in [0.1, 0.15) is 34.3 Å². The Morgan fingerprint density at radius 2 is 1.88 bits per heavy atom. The number of carboxylic acids is 2. The van der Waals surface area contributed by atoms with Crippen molar-refractivity contribution in [2.45, 2.75) is 19.3 Å². The molecule has 0 aliphatic rings. The van der Waals surface area contributed by atoms with E-state index in [1.165, 1.54) is 6.07 Å².